The molecular weight excluding hydrogens is 280 g/mol. The van der Waals surface area contributed by atoms with Crippen molar-refractivity contribution in [2.45, 2.75) is 26.2 Å². The summed E-state index contributed by atoms with van der Waals surface area (Å²) in [6.07, 6.45) is 3.43. The standard InChI is InChI=1S/C17H24N2O3/c1-3-12-9-13(12)11-22-16-10-14(5-6-15(16)21-2)19-8-4-7-18-17(19)20/h5-6,10,12-13H,3-4,7-9,11H2,1-2H3,(H,18,20). The van der Waals surface area contributed by atoms with Gasteiger partial charge in [0.05, 0.1) is 13.7 Å². The summed E-state index contributed by atoms with van der Waals surface area (Å²) in [6, 6.07) is 5.64. The number of hydrogen-bond acceptors (Lipinski definition) is 3. The molecule has 2 unspecified atom stereocenters. The van der Waals surface area contributed by atoms with Crippen LogP contribution in [0.15, 0.2) is 18.2 Å². The molecule has 1 aliphatic carbocycles. The van der Waals surface area contributed by atoms with Gasteiger partial charge in [0.2, 0.25) is 0 Å². The molecule has 120 valence electrons. The number of anilines is 1. The number of ether oxygens (including phenoxy) is 2. The average Bonchev–Trinajstić information content (AvgIpc) is 3.32. The second kappa shape index (κ2) is 6.46. The van der Waals surface area contributed by atoms with Crippen molar-refractivity contribution < 1.29 is 14.3 Å². The van der Waals surface area contributed by atoms with E-state index in [2.05, 4.69) is 12.2 Å². The van der Waals surface area contributed by atoms with Crippen LogP contribution in [0, 0.1) is 11.8 Å². The first kappa shape index (κ1) is 15.0. The van der Waals surface area contributed by atoms with Crippen molar-refractivity contribution in [3.63, 3.8) is 0 Å². The van der Waals surface area contributed by atoms with Crippen LogP contribution in [0.2, 0.25) is 0 Å². The highest BCUT2D eigenvalue weighted by Gasteiger charge is 2.35. The monoisotopic (exact) mass is 304 g/mol. The van der Waals surface area contributed by atoms with E-state index in [1.54, 1.807) is 12.0 Å². The Morgan fingerprint density at radius 3 is 2.86 bits per heavy atom. The van der Waals surface area contributed by atoms with Crippen molar-refractivity contribution >= 4 is 11.7 Å². The van der Waals surface area contributed by atoms with Gasteiger partial charge in [-0.1, -0.05) is 13.3 Å². The van der Waals surface area contributed by atoms with Crippen LogP contribution in [-0.4, -0.2) is 32.8 Å². The average molecular weight is 304 g/mol. The zero-order chi connectivity index (χ0) is 15.5. The number of urea groups is 1. The predicted octanol–water partition coefficient (Wildman–Crippen LogP) is 3.04. The number of rotatable bonds is 6. The lowest BCUT2D eigenvalue weighted by Gasteiger charge is -2.28. The van der Waals surface area contributed by atoms with Crippen LogP contribution < -0.4 is 19.7 Å². The SMILES string of the molecule is CCC1CC1COc1cc(N2CCCNC2=O)ccc1OC. The molecule has 5 heteroatoms. The Bertz CT molecular complexity index is 547. The Kier molecular flexibility index (Phi) is 4.41. The Morgan fingerprint density at radius 1 is 1.32 bits per heavy atom. The van der Waals surface area contributed by atoms with Crippen LogP contribution in [0.3, 0.4) is 0 Å². The van der Waals surface area contributed by atoms with E-state index in [-0.39, 0.29) is 6.03 Å². The number of nitrogens with zero attached hydrogens (tertiary/aromatic N) is 1. The number of carbonyl (C=O) groups is 1. The fourth-order valence-electron chi connectivity index (χ4n) is 3.03. The molecule has 0 spiro atoms. The Hall–Kier alpha value is -1.91. The Morgan fingerprint density at radius 2 is 2.18 bits per heavy atom. The van der Waals surface area contributed by atoms with Crippen molar-refractivity contribution in [1.82, 2.24) is 5.32 Å². The molecule has 1 N–H and O–H groups in total. The van der Waals surface area contributed by atoms with Crippen LogP contribution in [0.1, 0.15) is 26.2 Å². The first-order valence-electron chi connectivity index (χ1n) is 8.09. The summed E-state index contributed by atoms with van der Waals surface area (Å²) in [6.45, 7) is 4.43. The molecule has 1 saturated heterocycles. The minimum Gasteiger partial charge on any atom is -0.493 e. The quantitative estimate of drug-likeness (QED) is 0.879. The molecule has 1 aromatic rings. The fraction of sp³-hybridized carbons (Fsp3) is 0.588. The molecule has 1 aromatic carbocycles. The van der Waals surface area contributed by atoms with E-state index >= 15 is 0 Å². The van der Waals surface area contributed by atoms with Gasteiger partial charge in [-0.3, -0.25) is 4.90 Å². The van der Waals surface area contributed by atoms with Gasteiger partial charge < -0.3 is 14.8 Å². The lowest BCUT2D eigenvalue weighted by atomic mass is 10.2. The van der Waals surface area contributed by atoms with Crippen molar-refractivity contribution in [2.75, 3.05) is 31.7 Å². The van der Waals surface area contributed by atoms with Crippen LogP contribution >= 0.6 is 0 Å². The highest BCUT2D eigenvalue weighted by Crippen LogP contribution is 2.42. The number of amides is 2. The fourth-order valence-corrected chi connectivity index (χ4v) is 3.03. The molecule has 5 nitrogen and oxygen atoms in total. The van der Waals surface area contributed by atoms with Gasteiger partial charge in [0.1, 0.15) is 0 Å². The summed E-state index contributed by atoms with van der Waals surface area (Å²) in [7, 11) is 1.64. The number of hydrogen-bond donors (Lipinski definition) is 1. The highest BCUT2D eigenvalue weighted by atomic mass is 16.5. The second-order valence-corrected chi connectivity index (χ2v) is 6.05. The summed E-state index contributed by atoms with van der Waals surface area (Å²) in [5, 5.41) is 2.87. The van der Waals surface area contributed by atoms with Crippen LogP contribution in [-0.2, 0) is 0 Å². The second-order valence-electron chi connectivity index (χ2n) is 6.05. The third-order valence-corrected chi connectivity index (χ3v) is 4.59. The summed E-state index contributed by atoms with van der Waals surface area (Å²) in [5.41, 5.74) is 0.857. The number of nitrogens with one attached hydrogen (secondary N) is 1. The van der Waals surface area contributed by atoms with E-state index in [0.29, 0.717) is 5.92 Å². The number of benzene rings is 1. The molecule has 2 fully saturated rings. The van der Waals surface area contributed by atoms with Gasteiger partial charge >= 0.3 is 6.03 Å². The molecule has 1 saturated carbocycles. The Balaban J connectivity index is 1.72. The minimum atomic E-state index is -0.0457. The van der Waals surface area contributed by atoms with Gasteiger partial charge in [-0.25, -0.2) is 4.79 Å². The summed E-state index contributed by atoms with van der Waals surface area (Å²) >= 11 is 0. The third-order valence-electron chi connectivity index (χ3n) is 4.59. The van der Waals surface area contributed by atoms with Crippen LogP contribution in [0.25, 0.3) is 0 Å². The van der Waals surface area contributed by atoms with Crippen molar-refractivity contribution in [2.24, 2.45) is 11.8 Å². The topological polar surface area (TPSA) is 50.8 Å². The molecular formula is C17H24N2O3. The highest BCUT2D eigenvalue weighted by molar-refractivity contribution is 5.93. The molecule has 22 heavy (non-hydrogen) atoms. The molecule has 2 amide bonds. The maximum atomic E-state index is 12.0. The molecule has 0 aromatic heterocycles. The zero-order valence-electron chi connectivity index (χ0n) is 13.3. The first-order chi connectivity index (χ1) is 10.7. The molecule has 0 radical (unpaired) electrons. The summed E-state index contributed by atoms with van der Waals surface area (Å²) < 4.78 is 11.3. The van der Waals surface area contributed by atoms with E-state index in [4.69, 9.17) is 9.47 Å². The molecule has 1 heterocycles. The van der Waals surface area contributed by atoms with Gasteiger partial charge in [-0.05, 0) is 36.8 Å². The zero-order valence-corrected chi connectivity index (χ0v) is 13.3. The lowest BCUT2D eigenvalue weighted by molar-refractivity contribution is 0.242. The van der Waals surface area contributed by atoms with Crippen molar-refractivity contribution in [3.8, 4) is 11.5 Å². The van der Waals surface area contributed by atoms with E-state index in [1.807, 2.05) is 18.2 Å². The first-order valence-corrected chi connectivity index (χ1v) is 8.09. The molecule has 2 aliphatic rings. The smallest absolute Gasteiger partial charge is 0.321 e. The van der Waals surface area contributed by atoms with Gasteiger partial charge in [0, 0.05) is 24.8 Å². The number of methoxy groups -OCH3 is 1. The molecule has 0 bridgehead atoms. The minimum absolute atomic E-state index is 0.0457. The van der Waals surface area contributed by atoms with E-state index in [9.17, 15) is 4.79 Å². The van der Waals surface area contributed by atoms with Gasteiger partial charge in [-0.15, -0.1) is 0 Å². The summed E-state index contributed by atoms with van der Waals surface area (Å²) in [4.78, 5) is 13.7. The molecule has 3 rings (SSSR count). The summed E-state index contributed by atoms with van der Waals surface area (Å²) in [5.74, 6) is 2.91. The van der Waals surface area contributed by atoms with E-state index in [1.165, 1.54) is 12.8 Å². The number of carbonyl (C=O) groups excluding carboxylic acids is 1. The largest absolute Gasteiger partial charge is 0.493 e. The maximum absolute atomic E-state index is 12.0. The lowest BCUT2D eigenvalue weighted by Crippen LogP contribution is -2.46. The third kappa shape index (κ3) is 3.13. The Labute approximate surface area is 131 Å². The van der Waals surface area contributed by atoms with Crippen molar-refractivity contribution in [3.05, 3.63) is 18.2 Å². The van der Waals surface area contributed by atoms with Gasteiger partial charge in [0.25, 0.3) is 0 Å². The van der Waals surface area contributed by atoms with E-state index < -0.39 is 0 Å². The molecule has 2 atom stereocenters. The maximum Gasteiger partial charge on any atom is 0.321 e. The van der Waals surface area contributed by atoms with E-state index in [0.717, 1.165) is 49.2 Å². The molecule has 1 aliphatic heterocycles. The predicted molar refractivity (Wildman–Crippen MR) is 85.7 cm³/mol. The van der Waals surface area contributed by atoms with Crippen LogP contribution in [0.5, 0.6) is 11.5 Å². The van der Waals surface area contributed by atoms with Crippen molar-refractivity contribution in [1.29, 1.82) is 0 Å². The van der Waals surface area contributed by atoms with Crippen LogP contribution in [0.4, 0.5) is 10.5 Å². The van der Waals surface area contributed by atoms with Gasteiger partial charge in [0.15, 0.2) is 11.5 Å². The normalized spacial score (nSPS) is 23.9. The van der Waals surface area contributed by atoms with Gasteiger partial charge in [-0.2, -0.15) is 0 Å².